The van der Waals surface area contributed by atoms with E-state index in [-0.39, 0.29) is 5.91 Å². The van der Waals surface area contributed by atoms with Crippen LogP contribution in [0.3, 0.4) is 0 Å². The van der Waals surface area contributed by atoms with Gasteiger partial charge in [0.05, 0.1) is 5.69 Å². The van der Waals surface area contributed by atoms with Gasteiger partial charge in [-0.05, 0) is 43.3 Å². The van der Waals surface area contributed by atoms with Crippen LogP contribution in [-0.2, 0) is 9.59 Å². The fraction of sp³-hybridized carbons (Fsp3) is 0.294. The first-order valence-electron chi connectivity index (χ1n) is 7.62. The Hall–Kier alpha value is -2.54. The average Bonchev–Trinajstić information content (AvgIpc) is 2.99. The lowest BCUT2D eigenvalue weighted by molar-refractivity contribution is -0.122. The van der Waals surface area contributed by atoms with E-state index in [1.165, 1.54) is 11.3 Å². The maximum atomic E-state index is 12.5. The van der Waals surface area contributed by atoms with E-state index < -0.39 is 6.10 Å². The number of rotatable bonds is 8. The van der Waals surface area contributed by atoms with Crippen LogP contribution in [0, 0.1) is 13.8 Å². The number of ether oxygens (including phenoxy) is 1. The summed E-state index contributed by atoms with van der Waals surface area (Å²) in [5, 5.41) is 5.30. The molecule has 24 heavy (non-hydrogen) atoms. The molecule has 3 N–H and O–H groups in total. The SMILES string of the molecule is CCC(Oc1ccc(C)cc1C)C(=O)Nc1ccsc1NNC=O. The predicted octanol–water partition coefficient (Wildman–Crippen LogP) is 3.23. The summed E-state index contributed by atoms with van der Waals surface area (Å²) in [7, 11) is 0. The second-order valence-electron chi connectivity index (χ2n) is 5.32. The number of benzene rings is 1. The molecule has 2 rings (SSSR count). The monoisotopic (exact) mass is 347 g/mol. The van der Waals surface area contributed by atoms with Crippen molar-refractivity contribution in [2.75, 3.05) is 10.7 Å². The number of hydrogen-bond acceptors (Lipinski definition) is 5. The molecule has 1 aromatic heterocycles. The molecule has 1 aromatic carbocycles. The van der Waals surface area contributed by atoms with Gasteiger partial charge in [0.15, 0.2) is 6.10 Å². The van der Waals surface area contributed by atoms with Crippen LogP contribution in [0.1, 0.15) is 24.5 Å². The van der Waals surface area contributed by atoms with Gasteiger partial charge in [0.25, 0.3) is 5.91 Å². The molecule has 2 amide bonds. The van der Waals surface area contributed by atoms with Crippen molar-refractivity contribution in [2.24, 2.45) is 0 Å². The van der Waals surface area contributed by atoms with Crippen molar-refractivity contribution in [2.45, 2.75) is 33.3 Å². The molecule has 0 fully saturated rings. The third-order valence-corrected chi connectivity index (χ3v) is 4.26. The van der Waals surface area contributed by atoms with Crippen molar-refractivity contribution < 1.29 is 14.3 Å². The number of amides is 2. The smallest absolute Gasteiger partial charge is 0.265 e. The summed E-state index contributed by atoms with van der Waals surface area (Å²) in [5.74, 6) is 0.471. The molecule has 1 unspecified atom stereocenters. The molecule has 0 aliphatic heterocycles. The topological polar surface area (TPSA) is 79.5 Å². The van der Waals surface area contributed by atoms with Gasteiger partial charge in [-0.3, -0.25) is 20.4 Å². The standard InChI is InChI=1S/C17H21N3O3S/c1-4-14(23-15-6-5-11(2)9-12(15)3)16(22)19-13-7-8-24-17(13)20-18-10-21/h5-10,14,20H,4H2,1-3H3,(H,18,21)(H,19,22). The van der Waals surface area contributed by atoms with E-state index >= 15 is 0 Å². The van der Waals surface area contributed by atoms with Gasteiger partial charge in [0, 0.05) is 0 Å². The second-order valence-corrected chi connectivity index (χ2v) is 6.24. The van der Waals surface area contributed by atoms with Gasteiger partial charge in [-0.1, -0.05) is 24.6 Å². The fourth-order valence-electron chi connectivity index (χ4n) is 2.22. The molecular formula is C17H21N3O3S. The maximum absolute atomic E-state index is 12.5. The van der Waals surface area contributed by atoms with Gasteiger partial charge >= 0.3 is 0 Å². The molecule has 0 aliphatic rings. The lowest BCUT2D eigenvalue weighted by atomic mass is 10.1. The number of hydrazine groups is 1. The Balaban J connectivity index is 2.06. The highest BCUT2D eigenvalue weighted by Gasteiger charge is 2.20. The van der Waals surface area contributed by atoms with Crippen LogP contribution < -0.4 is 20.9 Å². The van der Waals surface area contributed by atoms with Gasteiger partial charge in [0.1, 0.15) is 10.8 Å². The van der Waals surface area contributed by atoms with Crippen LogP contribution in [0.5, 0.6) is 5.75 Å². The zero-order valence-electron chi connectivity index (χ0n) is 13.9. The second kappa shape index (κ2) is 8.35. The number of carbonyl (C=O) groups excluding carboxylic acids is 2. The molecule has 0 saturated heterocycles. The van der Waals surface area contributed by atoms with Crippen LogP contribution in [0.25, 0.3) is 0 Å². The number of nitrogens with one attached hydrogen (secondary N) is 3. The number of anilines is 2. The van der Waals surface area contributed by atoms with E-state index in [9.17, 15) is 9.59 Å². The van der Waals surface area contributed by atoms with Gasteiger partial charge in [0.2, 0.25) is 6.41 Å². The molecule has 0 bridgehead atoms. The minimum atomic E-state index is -0.599. The summed E-state index contributed by atoms with van der Waals surface area (Å²) >= 11 is 1.37. The lowest BCUT2D eigenvalue weighted by Crippen LogP contribution is -2.33. The zero-order chi connectivity index (χ0) is 17.5. The highest BCUT2D eigenvalue weighted by molar-refractivity contribution is 7.14. The van der Waals surface area contributed by atoms with Crippen LogP contribution in [0.2, 0.25) is 0 Å². The van der Waals surface area contributed by atoms with Crippen LogP contribution in [0.4, 0.5) is 10.7 Å². The molecule has 0 radical (unpaired) electrons. The molecule has 128 valence electrons. The summed E-state index contributed by atoms with van der Waals surface area (Å²) in [6.07, 6.45) is 0.473. The quantitative estimate of drug-likeness (QED) is 0.506. The van der Waals surface area contributed by atoms with E-state index in [0.29, 0.717) is 29.3 Å². The minimum absolute atomic E-state index is 0.231. The first-order valence-corrected chi connectivity index (χ1v) is 8.50. The van der Waals surface area contributed by atoms with Crippen LogP contribution >= 0.6 is 11.3 Å². The summed E-state index contributed by atoms with van der Waals surface area (Å²) in [4.78, 5) is 22.9. The minimum Gasteiger partial charge on any atom is -0.480 e. The molecule has 1 heterocycles. The molecular weight excluding hydrogens is 326 g/mol. The molecule has 0 spiro atoms. The van der Waals surface area contributed by atoms with Crippen molar-refractivity contribution in [3.8, 4) is 5.75 Å². The Kier molecular flexibility index (Phi) is 6.20. The first-order chi connectivity index (χ1) is 11.5. The zero-order valence-corrected chi connectivity index (χ0v) is 14.7. The van der Waals surface area contributed by atoms with Crippen molar-refractivity contribution in [3.63, 3.8) is 0 Å². The van der Waals surface area contributed by atoms with E-state index in [2.05, 4.69) is 16.2 Å². The van der Waals surface area contributed by atoms with Crippen molar-refractivity contribution >= 4 is 34.3 Å². The van der Waals surface area contributed by atoms with Crippen LogP contribution in [0.15, 0.2) is 29.6 Å². The number of hydrogen-bond donors (Lipinski definition) is 3. The molecule has 7 heteroatoms. The Morgan fingerprint density at radius 2 is 2.12 bits per heavy atom. The summed E-state index contributed by atoms with van der Waals surface area (Å²) < 4.78 is 5.88. The third kappa shape index (κ3) is 4.48. The summed E-state index contributed by atoms with van der Waals surface area (Å²) in [6.45, 7) is 5.87. The van der Waals surface area contributed by atoms with Gasteiger partial charge in [-0.15, -0.1) is 11.3 Å². The third-order valence-electron chi connectivity index (χ3n) is 3.43. The largest absolute Gasteiger partial charge is 0.480 e. The summed E-state index contributed by atoms with van der Waals surface area (Å²) in [6, 6.07) is 7.62. The Bertz CT molecular complexity index is 715. The number of aryl methyl sites for hydroxylation is 2. The molecule has 2 aromatic rings. The lowest BCUT2D eigenvalue weighted by Gasteiger charge is -2.19. The van der Waals surface area contributed by atoms with Crippen molar-refractivity contribution in [3.05, 3.63) is 40.8 Å². The van der Waals surface area contributed by atoms with E-state index in [1.807, 2.05) is 44.4 Å². The first kappa shape index (κ1) is 17.8. The van der Waals surface area contributed by atoms with Crippen molar-refractivity contribution in [1.82, 2.24) is 5.43 Å². The molecule has 0 saturated carbocycles. The Morgan fingerprint density at radius 3 is 2.79 bits per heavy atom. The fourth-order valence-corrected chi connectivity index (χ4v) is 2.92. The predicted molar refractivity (Wildman–Crippen MR) is 96.4 cm³/mol. The van der Waals surface area contributed by atoms with E-state index in [1.54, 1.807) is 6.07 Å². The molecule has 6 nitrogen and oxygen atoms in total. The Morgan fingerprint density at radius 1 is 1.33 bits per heavy atom. The van der Waals surface area contributed by atoms with Gasteiger partial charge in [-0.2, -0.15) is 0 Å². The van der Waals surface area contributed by atoms with Crippen LogP contribution in [-0.4, -0.2) is 18.4 Å². The van der Waals surface area contributed by atoms with Gasteiger partial charge < -0.3 is 10.1 Å². The normalized spacial score (nSPS) is 11.5. The summed E-state index contributed by atoms with van der Waals surface area (Å²) in [5.41, 5.74) is 7.81. The average molecular weight is 347 g/mol. The maximum Gasteiger partial charge on any atom is 0.265 e. The number of thiophene rings is 1. The Labute approximate surface area is 145 Å². The van der Waals surface area contributed by atoms with Crippen molar-refractivity contribution in [1.29, 1.82) is 0 Å². The number of carbonyl (C=O) groups is 2. The van der Waals surface area contributed by atoms with Gasteiger partial charge in [-0.25, -0.2) is 0 Å². The van der Waals surface area contributed by atoms with E-state index in [0.717, 1.165) is 11.1 Å². The molecule has 1 atom stereocenters. The highest BCUT2D eigenvalue weighted by atomic mass is 32.1. The van der Waals surface area contributed by atoms with E-state index in [4.69, 9.17) is 4.74 Å². The molecule has 0 aliphatic carbocycles. The highest BCUT2D eigenvalue weighted by Crippen LogP contribution is 2.28.